The van der Waals surface area contributed by atoms with E-state index in [2.05, 4.69) is 13.8 Å². The van der Waals surface area contributed by atoms with Crippen molar-refractivity contribution in [2.24, 2.45) is 5.92 Å². The summed E-state index contributed by atoms with van der Waals surface area (Å²) in [5, 5.41) is 0. The third-order valence-electron chi connectivity index (χ3n) is 2.49. The van der Waals surface area contributed by atoms with E-state index < -0.39 is 0 Å². The molecule has 0 aliphatic carbocycles. The van der Waals surface area contributed by atoms with E-state index >= 15 is 0 Å². The van der Waals surface area contributed by atoms with Crippen molar-refractivity contribution in [3.63, 3.8) is 0 Å². The number of hydrogen-bond donors (Lipinski definition) is 1. The van der Waals surface area contributed by atoms with Crippen molar-refractivity contribution in [1.82, 2.24) is 0 Å². The molecule has 94 valence electrons. The van der Waals surface area contributed by atoms with Crippen molar-refractivity contribution in [3.8, 4) is 0 Å². The number of aryl methyl sites for hydroxylation is 1. The molecular formula is C14H21NO2. The minimum absolute atomic E-state index is 0.288. The monoisotopic (exact) mass is 235 g/mol. The van der Waals surface area contributed by atoms with Crippen molar-refractivity contribution in [3.05, 3.63) is 29.3 Å². The first kappa shape index (κ1) is 13.6. The molecule has 0 amide bonds. The zero-order valence-electron chi connectivity index (χ0n) is 10.8. The second-order valence-corrected chi connectivity index (χ2v) is 4.80. The smallest absolute Gasteiger partial charge is 0.338 e. The van der Waals surface area contributed by atoms with E-state index in [1.165, 1.54) is 0 Å². The summed E-state index contributed by atoms with van der Waals surface area (Å²) in [6.07, 6.45) is 1.98. The van der Waals surface area contributed by atoms with E-state index in [0.29, 0.717) is 23.8 Å². The number of carbonyl (C=O) groups is 1. The summed E-state index contributed by atoms with van der Waals surface area (Å²) >= 11 is 0. The minimum Gasteiger partial charge on any atom is -0.462 e. The van der Waals surface area contributed by atoms with Gasteiger partial charge in [0.2, 0.25) is 0 Å². The third-order valence-corrected chi connectivity index (χ3v) is 2.49. The van der Waals surface area contributed by atoms with E-state index in [1.54, 1.807) is 12.1 Å². The summed E-state index contributed by atoms with van der Waals surface area (Å²) in [6, 6.07) is 5.27. The van der Waals surface area contributed by atoms with Crippen molar-refractivity contribution >= 4 is 11.7 Å². The van der Waals surface area contributed by atoms with E-state index in [-0.39, 0.29) is 5.97 Å². The second-order valence-electron chi connectivity index (χ2n) is 4.80. The molecular weight excluding hydrogens is 214 g/mol. The number of hydrogen-bond acceptors (Lipinski definition) is 3. The normalized spacial score (nSPS) is 10.6. The summed E-state index contributed by atoms with van der Waals surface area (Å²) < 4.78 is 5.19. The number of nitrogen functional groups attached to an aromatic ring is 1. The highest BCUT2D eigenvalue weighted by Crippen LogP contribution is 2.12. The highest BCUT2D eigenvalue weighted by Gasteiger charge is 2.08. The van der Waals surface area contributed by atoms with Gasteiger partial charge in [-0.1, -0.05) is 13.8 Å². The number of benzene rings is 1. The molecule has 1 rings (SSSR count). The first-order valence-electron chi connectivity index (χ1n) is 6.03. The van der Waals surface area contributed by atoms with Crippen LogP contribution in [-0.4, -0.2) is 12.6 Å². The molecule has 3 heteroatoms. The molecule has 0 heterocycles. The molecule has 2 N–H and O–H groups in total. The Bertz CT molecular complexity index is 366. The number of carbonyl (C=O) groups excluding carboxylic acids is 1. The van der Waals surface area contributed by atoms with Crippen LogP contribution in [0, 0.1) is 12.8 Å². The molecule has 0 saturated heterocycles. The topological polar surface area (TPSA) is 52.3 Å². The van der Waals surface area contributed by atoms with Gasteiger partial charge in [0.05, 0.1) is 12.2 Å². The van der Waals surface area contributed by atoms with Gasteiger partial charge in [-0.2, -0.15) is 0 Å². The Labute approximate surface area is 103 Å². The van der Waals surface area contributed by atoms with Crippen LogP contribution in [0.25, 0.3) is 0 Å². The van der Waals surface area contributed by atoms with Gasteiger partial charge in [-0.25, -0.2) is 4.79 Å². The van der Waals surface area contributed by atoms with E-state index in [0.717, 1.165) is 18.4 Å². The molecule has 1 aromatic rings. The van der Waals surface area contributed by atoms with Crippen LogP contribution in [-0.2, 0) is 4.74 Å². The van der Waals surface area contributed by atoms with Gasteiger partial charge in [0.25, 0.3) is 0 Å². The fourth-order valence-electron chi connectivity index (χ4n) is 1.67. The maximum atomic E-state index is 11.7. The van der Waals surface area contributed by atoms with Gasteiger partial charge in [0.1, 0.15) is 0 Å². The van der Waals surface area contributed by atoms with Gasteiger partial charge in [0.15, 0.2) is 0 Å². The summed E-state index contributed by atoms with van der Waals surface area (Å²) in [6.45, 7) is 6.70. The van der Waals surface area contributed by atoms with Crippen molar-refractivity contribution < 1.29 is 9.53 Å². The molecule has 0 bridgehead atoms. The molecule has 17 heavy (non-hydrogen) atoms. The van der Waals surface area contributed by atoms with Crippen LogP contribution in [0.5, 0.6) is 0 Å². The first-order valence-corrected chi connectivity index (χ1v) is 6.03. The molecule has 3 nitrogen and oxygen atoms in total. The molecule has 0 saturated carbocycles. The number of ether oxygens (including phenoxy) is 1. The Balaban J connectivity index is 2.47. The SMILES string of the molecule is Cc1cc(N)cc(C(=O)OCCCC(C)C)c1. The maximum absolute atomic E-state index is 11.7. The van der Waals surface area contributed by atoms with Gasteiger partial charge in [-0.05, 0) is 49.4 Å². The molecule has 0 radical (unpaired) electrons. The Morgan fingerprint density at radius 3 is 2.65 bits per heavy atom. The fourth-order valence-corrected chi connectivity index (χ4v) is 1.67. The molecule has 0 spiro atoms. The molecule has 1 aromatic carbocycles. The lowest BCUT2D eigenvalue weighted by Crippen LogP contribution is -2.08. The summed E-state index contributed by atoms with van der Waals surface area (Å²) in [7, 11) is 0. The fraction of sp³-hybridized carbons (Fsp3) is 0.500. The van der Waals surface area contributed by atoms with Gasteiger partial charge in [-0.3, -0.25) is 0 Å². The Hall–Kier alpha value is -1.51. The molecule has 0 unspecified atom stereocenters. The van der Waals surface area contributed by atoms with Gasteiger partial charge in [0, 0.05) is 5.69 Å². The van der Waals surface area contributed by atoms with Gasteiger partial charge in [-0.15, -0.1) is 0 Å². The molecule has 0 atom stereocenters. The Morgan fingerprint density at radius 1 is 1.35 bits per heavy atom. The third kappa shape index (κ3) is 4.89. The van der Waals surface area contributed by atoms with E-state index in [1.807, 2.05) is 13.0 Å². The molecule has 0 fully saturated rings. The zero-order valence-corrected chi connectivity index (χ0v) is 10.8. The molecule has 0 aliphatic heterocycles. The quantitative estimate of drug-likeness (QED) is 0.484. The summed E-state index contributed by atoms with van der Waals surface area (Å²) in [5.41, 5.74) is 7.79. The molecule has 0 aromatic heterocycles. The predicted molar refractivity (Wildman–Crippen MR) is 69.9 cm³/mol. The van der Waals surface area contributed by atoms with E-state index in [4.69, 9.17) is 10.5 Å². The minimum atomic E-state index is -0.288. The average Bonchev–Trinajstić information content (AvgIpc) is 2.22. The van der Waals surface area contributed by atoms with Crippen molar-refractivity contribution in [2.45, 2.75) is 33.6 Å². The first-order chi connectivity index (χ1) is 7.99. The zero-order chi connectivity index (χ0) is 12.8. The lowest BCUT2D eigenvalue weighted by molar-refractivity contribution is 0.0494. The van der Waals surface area contributed by atoms with Gasteiger partial charge >= 0.3 is 5.97 Å². The summed E-state index contributed by atoms with van der Waals surface area (Å²) in [4.78, 5) is 11.7. The largest absolute Gasteiger partial charge is 0.462 e. The summed E-state index contributed by atoms with van der Waals surface area (Å²) in [5.74, 6) is 0.354. The van der Waals surface area contributed by atoms with Crippen LogP contribution < -0.4 is 5.73 Å². The van der Waals surface area contributed by atoms with Crippen LogP contribution in [0.1, 0.15) is 42.6 Å². The average molecular weight is 235 g/mol. The van der Waals surface area contributed by atoms with Crippen LogP contribution in [0.4, 0.5) is 5.69 Å². The number of esters is 1. The number of anilines is 1. The molecule has 0 aliphatic rings. The Morgan fingerprint density at radius 2 is 2.06 bits per heavy atom. The van der Waals surface area contributed by atoms with E-state index in [9.17, 15) is 4.79 Å². The van der Waals surface area contributed by atoms with Crippen molar-refractivity contribution in [2.75, 3.05) is 12.3 Å². The highest BCUT2D eigenvalue weighted by atomic mass is 16.5. The number of rotatable bonds is 5. The van der Waals surface area contributed by atoms with Crippen LogP contribution >= 0.6 is 0 Å². The lowest BCUT2D eigenvalue weighted by Gasteiger charge is -2.07. The second kappa shape index (κ2) is 6.28. The van der Waals surface area contributed by atoms with Crippen molar-refractivity contribution in [1.29, 1.82) is 0 Å². The van der Waals surface area contributed by atoms with Crippen LogP contribution in [0.2, 0.25) is 0 Å². The maximum Gasteiger partial charge on any atom is 0.338 e. The van der Waals surface area contributed by atoms with Crippen LogP contribution in [0.3, 0.4) is 0 Å². The highest BCUT2D eigenvalue weighted by molar-refractivity contribution is 5.90. The lowest BCUT2D eigenvalue weighted by atomic mass is 10.1. The Kier molecular flexibility index (Phi) is 5.01. The standard InChI is InChI=1S/C14H21NO2/c1-10(2)5-4-6-17-14(16)12-7-11(3)8-13(15)9-12/h7-10H,4-6,15H2,1-3H3. The predicted octanol–water partition coefficient (Wildman–Crippen LogP) is 3.17. The van der Waals surface area contributed by atoms with Gasteiger partial charge < -0.3 is 10.5 Å². The van der Waals surface area contributed by atoms with Crippen LogP contribution in [0.15, 0.2) is 18.2 Å². The number of nitrogens with two attached hydrogens (primary N) is 1.